The molecule has 1 aliphatic heterocycles. The normalized spacial score (nSPS) is 15.0. The van der Waals surface area contributed by atoms with Crippen LogP contribution >= 0.6 is 0 Å². The predicted molar refractivity (Wildman–Crippen MR) is 145 cm³/mol. The van der Waals surface area contributed by atoms with E-state index in [1.165, 1.54) is 5.56 Å². The number of likely N-dealkylation sites (tertiary alicyclic amines) is 1. The van der Waals surface area contributed by atoms with Gasteiger partial charge in [0.2, 0.25) is 0 Å². The van der Waals surface area contributed by atoms with Crippen molar-refractivity contribution < 1.29 is 29.6 Å². The third kappa shape index (κ3) is 11.9. The largest absolute Gasteiger partial charge is 0.494 e. The first-order valence-electron chi connectivity index (χ1n) is 12.8. The Morgan fingerprint density at radius 1 is 1.00 bits per heavy atom. The number of anilines is 1. The van der Waals surface area contributed by atoms with E-state index in [1.54, 1.807) is 0 Å². The molecule has 0 radical (unpaired) electrons. The highest BCUT2D eigenvalue weighted by atomic mass is 16.5. The van der Waals surface area contributed by atoms with Crippen LogP contribution < -0.4 is 9.64 Å². The van der Waals surface area contributed by atoms with E-state index in [2.05, 4.69) is 66.2 Å². The molecule has 8 heteroatoms. The number of carboxylic acid groups (broad SMARTS) is 2. The summed E-state index contributed by atoms with van der Waals surface area (Å²) in [6.45, 7) is 6.69. The maximum Gasteiger partial charge on any atom is 0.328 e. The standard InChI is InChI=1S/C25H36N2O2.C4H4O4/c1-3-4-20-29-24-12-10-23(11-13-24)26(2)17-14-25(28)15-18-27(19-16-25)21-22-8-6-5-7-9-22;5-3(6)1-2-4(7)8/h5-13,28H,3-4,14-21H2,1-2H3;1-2H,(H,5,6)(H,7,8)/b;2-1-. The molecule has 2 aromatic rings. The van der Waals surface area contributed by atoms with Crippen LogP contribution in [0, 0.1) is 0 Å². The summed E-state index contributed by atoms with van der Waals surface area (Å²) >= 11 is 0. The predicted octanol–water partition coefficient (Wildman–Crippen LogP) is 4.43. The molecular weight excluding hydrogens is 472 g/mol. The number of rotatable bonds is 12. The molecule has 37 heavy (non-hydrogen) atoms. The van der Waals surface area contributed by atoms with Gasteiger partial charge < -0.3 is 25.0 Å². The SMILES string of the molecule is CCCCOc1ccc(N(C)CCC2(O)CCN(Cc3ccccc3)CC2)cc1.O=C(O)/C=C\C(=O)O. The average molecular weight is 513 g/mol. The van der Waals surface area contributed by atoms with Gasteiger partial charge in [-0.15, -0.1) is 0 Å². The minimum Gasteiger partial charge on any atom is -0.494 e. The third-order valence-electron chi connectivity index (χ3n) is 6.36. The number of piperidine rings is 1. The number of hydrogen-bond acceptors (Lipinski definition) is 6. The van der Waals surface area contributed by atoms with Crippen molar-refractivity contribution in [1.82, 2.24) is 4.90 Å². The van der Waals surface area contributed by atoms with Crippen LogP contribution in [0.1, 0.15) is 44.6 Å². The first kappa shape index (κ1) is 29.9. The molecule has 1 saturated heterocycles. The summed E-state index contributed by atoms with van der Waals surface area (Å²) in [6, 6.07) is 18.9. The van der Waals surface area contributed by atoms with Gasteiger partial charge >= 0.3 is 11.9 Å². The Bertz CT molecular complexity index is 954. The second-order valence-corrected chi connectivity index (χ2v) is 9.36. The van der Waals surface area contributed by atoms with Crippen molar-refractivity contribution in [1.29, 1.82) is 0 Å². The summed E-state index contributed by atoms with van der Waals surface area (Å²) in [5.74, 6) is -1.58. The molecular formula is C29H40N2O6. The molecule has 0 aromatic heterocycles. The molecule has 0 atom stereocenters. The van der Waals surface area contributed by atoms with Crippen LogP contribution in [0.4, 0.5) is 5.69 Å². The van der Waals surface area contributed by atoms with E-state index in [0.717, 1.165) is 76.3 Å². The monoisotopic (exact) mass is 512 g/mol. The highest BCUT2D eigenvalue weighted by Crippen LogP contribution is 2.28. The van der Waals surface area contributed by atoms with Gasteiger partial charge in [0.1, 0.15) is 5.75 Å². The van der Waals surface area contributed by atoms with E-state index in [1.807, 2.05) is 12.1 Å². The van der Waals surface area contributed by atoms with E-state index < -0.39 is 17.5 Å². The summed E-state index contributed by atoms with van der Waals surface area (Å²) in [5.41, 5.74) is 1.96. The summed E-state index contributed by atoms with van der Waals surface area (Å²) < 4.78 is 5.74. The first-order chi connectivity index (χ1) is 17.7. The maximum absolute atomic E-state index is 11.0. The van der Waals surface area contributed by atoms with Crippen molar-refractivity contribution in [3.63, 3.8) is 0 Å². The lowest BCUT2D eigenvalue weighted by molar-refractivity contribution is -0.134. The summed E-state index contributed by atoms with van der Waals surface area (Å²) in [6.07, 6.45) is 5.84. The van der Waals surface area contributed by atoms with Crippen molar-refractivity contribution in [3.05, 3.63) is 72.3 Å². The quantitative estimate of drug-likeness (QED) is 0.283. The van der Waals surface area contributed by atoms with Crippen LogP contribution in [0.25, 0.3) is 0 Å². The van der Waals surface area contributed by atoms with Crippen molar-refractivity contribution in [3.8, 4) is 5.75 Å². The van der Waals surface area contributed by atoms with Gasteiger partial charge in [0.15, 0.2) is 0 Å². The Morgan fingerprint density at radius 3 is 2.14 bits per heavy atom. The molecule has 0 aliphatic carbocycles. The van der Waals surface area contributed by atoms with Gasteiger partial charge in [0.05, 0.1) is 12.2 Å². The smallest absolute Gasteiger partial charge is 0.328 e. The van der Waals surface area contributed by atoms with Crippen molar-refractivity contribution in [2.24, 2.45) is 0 Å². The average Bonchev–Trinajstić information content (AvgIpc) is 2.89. The molecule has 1 fully saturated rings. The van der Waals surface area contributed by atoms with Crippen LogP contribution in [0.5, 0.6) is 5.75 Å². The molecule has 0 spiro atoms. The lowest BCUT2D eigenvalue weighted by atomic mass is 9.88. The van der Waals surface area contributed by atoms with Gasteiger partial charge in [-0.05, 0) is 55.5 Å². The Labute approximate surface area is 219 Å². The number of nitrogens with zero attached hydrogens (tertiary/aromatic N) is 2. The highest BCUT2D eigenvalue weighted by molar-refractivity contribution is 5.89. The maximum atomic E-state index is 11.0. The number of benzene rings is 2. The molecule has 1 aliphatic rings. The van der Waals surface area contributed by atoms with Crippen LogP contribution in [-0.4, -0.2) is 71.0 Å². The minimum absolute atomic E-state index is 0.551. The van der Waals surface area contributed by atoms with Gasteiger partial charge in [-0.3, -0.25) is 4.90 Å². The number of ether oxygens (including phenoxy) is 1. The fourth-order valence-corrected chi connectivity index (χ4v) is 4.00. The summed E-state index contributed by atoms with van der Waals surface area (Å²) in [4.78, 5) is 23.8. The Kier molecular flexibility index (Phi) is 12.7. The molecule has 3 N–H and O–H groups in total. The van der Waals surface area contributed by atoms with Crippen LogP contribution in [0.3, 0.4) is 0 Å². The van der Waals surface area contributed by atoms with E-state index >= 15 is 0 Å². The van der Waals surface area contributed by atoms with Crippen molar-refractivity contribution in [2.75, 3.05) is 38.2 Å². The second-order valence-electron chi connectivity index (χ2n) is 9.36. The molecule has 1 heterocycles. The lowest BCUT2D eigenvalue weighted by Gasteiger charge is -2.39. The van der Waals surface area contributed by atoms with Crippen LogP contribution in [-0.2, 0) is 16.1 Å². The number of unbranched alkanes of at least 4 members (excludes halogenated alkanes) is 1. The number of aliphatic carboxylic acids is 2. The second kappa shape index (κ2) is 15.7. The zero-order chi connectivity index (χ0) is 27.1. The molecule has 0 amide bonds. The first-order valence-corrected chi connectivity index (χ1v) is 12.8. The number of carbonyl (C=O) groups is 2. The van der Waals surface area contributed by atoms with Gasteiger partial charge in [0, 0.05) is 51.1 Å². The van der Waals surface area contributed by atoms with Gasteiger partial charge in [-0.25, -0.2) is 9.59 Å². The van der Waals surface area contributed by atoms with Gasteiger partial charge in [-0.2, -0.15) is 0 Å². The molecule has 0 saturated carbocycles. The van der Waals surface area contributed by atoms with Crippen molar-refractivity contribution in [2.45, 2.75) is 51.2 Å². The van der Waals surface area contributed by atoms with E-state index in [9.17, 15) is 14.7 Å². The molecule has 202 valence electrons. The molecule has 8 nitrogen and oxygen atoms in total. The van der Waals surface area contributed by atoms with E-state index in [0.29, 0.717) is 12.2 Å². The zero-order valence-electron chi connectivity index (χ0n) is 21.9. The molecule has 0 bridgehead atoms. The molecule has 3 rings (SSSR count). The summed E-state index contributed by atoms with van der Waals surface area (Å²) in [5, 5.41) is 26.7. The molecule has 2 aromatic carbocycles. The number of hydrogen-bond donors (Lipinski definition) is 3. The fraction of sp³-hybridized carbons (Fsp3) is 0.448. The number of aliphatic hydroxyl groups is 1. The Balaban J connectivity index is 0.000000521. The highest BCUT2D eigenvalue weighted by Gasteiger charge is 2.32. The Hall–Kier alpha value is -3.36. The van der Waals surface area contributed by atoms with E-state index in [4.69, 9.17) is 14.9 Å². The van der Waals surface area contributed by atoms with E-state index in [-0.39, 0.29) is 0 Å². The number of carboxylic acids is 2. The van der Waals surface area contributed by atoms with Crippen LogP contribution in [0.2, 0.25) is 0 Å². The lowest BCUT2D eigenvalue weighted by Crippen LogP contribution is -2.45. The molecule has 0 unspecified atom stereocenters. The van der Waals surface area contributed by atoms with Gasteiger partial charge in [-0.1, -0.05) is 43.7 Å². The topological polar surface area (TPSA) is 111 Å². The van der Waals surface area contributed by atoms with Crippen molar-refractivity contribution >= 4 is 17.6 Å². The zero-order valence-corrected chi connectivity index (χ0v) is 21.9. The van der Waals surface area contributed by atoms with Gasteiger partial charge in [0.25, 0.3) is 0 Å². The minimum atomic E-state index is -1.26. The third-order valence-corrected chi connectivity index (χ3v) is 6.36. The van der Waals surface area contributed by atoms with Crippen LogP contribution in [0.15, 0.2) is 66.7 Å². The fourth-order valence-electron chi connectivity index (χ4n) is 4.00. The Morgan fingerprint density at radius 2 is 1.59 bits per heavy atom. The summed E-state index contributed by atoms with van der Waals surface area (Å²) in [7, 11) is 2.10.